The van der Waals surface area contributed by atoms with E-state index in [0.29, 0.717) is 5.92 Å². The fraction of sp³-hybridized carbons (Fsp3) is 0.684. The highest BCUT2D eigenvalue weighted by Crippen LogP contribution is 2.36. The second kappa shape index (κ2) is 8.48. The SMILES string of the molecule is CC(C)(C)OC(=O)N1CC(CCCNc2ccc(SN)cn2)CC1(C)C. The lowest BCUT2D eigenvalue weighted by Crippen LogP contribution is -2.45. The van der Waals surface area contributed by atoms with Crippen molar-refractivity contribution in [2.24, 2.45) is 11.1 Å². The number of rotatable bonds is 6. The van der Waals surface area contributed by atoms with E-state index in [-0.39, 0.29) is 11.6 Å². The van der Waals surface area contributed by atoms with Gasteiger partial charge in [0.15, 0.2) is 0 Å². The zero-order chi connectivity index (χ0) is 19.4. The highest BCUT2D eigenvalue weighted by molar-refractivity contribution is 7.97. The van der Waals surface area contributed by atoms with Crippen molar-refractivity contribution in [1.29, 1.82) is 0 Å². The van der Waals surface area contributed by atoms with Gasteiger partial charge < -0.3 is 15.0 Å². The molecule has 0 saturated carbocycles. The number of carbonyl (C=O) groups is 1. The van der Waals surface area contributed by atoms with E-state index in [1.165, 1.54) is 11.9 Å². The van der Waals surface area contributed by atoms with Crippen LogP contribution in [0, 0.1) is 5.92 Å². The largest absolute Gasteiger partial charge is 0.444 e. The van der Waals surface area contributed by atoms with Gasteiger partial charge in [-0.1, -0.05) is 0 Å². The number of pyridine rings is 1. The fourth-order valence-corrected chi connectivity index (χ4v) is 3.64. The molecule has 1 atom stereocenters. The lowest BCUT2D eigenvalue weighted by molar-refractivity contribution is 0.0131. The van der Waals surface area contributed by atoms with Gasteiger partial charge in [-0.2, -0.15) is 0 Å². The van der Waals surface area contributed by atoms with Crippen LogP contribution in [0.2, 0.25) is 0 Å². The Labute approximate surface area is 161 Å². The summed E-state index contributed by atoms with van der Waals surface area (Å²) in [4.78, 5) is 19.6. The number of likely N-dealkylation sites (tertiary alicyclic amines) is 1. The summed E-state index contributed by atoms with van der Waals surface area (Å²) in [6.45, 7) is 11.6. The molecule has 26 heavy (non-hydrogen) atoms. The number of nitrogens with zero attached hydrogens (tertiary/aromatic N) is 2. The van der Waals surface area contributed by atoms with Crippen molar-refractivity contribution >= 4 is 23.9 Å². The van der Waals surface area contributed by atoms with Gasteiger partial charge in [0.1, 0.15) is 11.4 Å². The molecule has 1 aliphatic heterocycles. The van der Waals surface area contributed by atoms with Crippen LogP contribution in [0.15, 0.2) is 23.2 Å². The Morgan fingerprint density at radius 3 is 2.77 bits per heavy atom. The zero-order valence-electron chi connectivity index (χ0n) is 16.5. The van der Waals surface area contributed by atoms with Crippen LogP contribution in [-0.4, -0.2) is 40.2 Å². The average Bonchev–Trinajstić information content (AvgIpc) is 2.85. The second-order valence-electron chi connectivity index (χ2n) is 8.54. The molecule has 146 valence electrons. The summed E-state index contributed by atoms with van der Waals surface area (Å²) in [6.07, 6.45) is 4.69. The molecule has 1 aromatic rings. The number of nitrogens with one attached hydrogen (secondary N) is 1. The lowest BCUT2D eigenvalue weighted by Gasteiger charge is -2.33. The van der Waals surface area contributed by atoms with E-state index < -0.39 is 5.60 Å². The highest BCUT2D eigenvalue weighted by Gasteiger charge is 2.42. The average molecular weight is 381 g/mol. The molecule has 0 radical (unpaired) electrons. The standard InChI is InChI=1S/C19H32N4O2S/c1-18(2,3)25-17(24)23-13-14(11-19(23,4)5)7-6-10-21-16-9-8-15(26-20)12-22-16/h8-9,12,14H,6-7,10-11,13,20H2,1-5H3,(H,21,22). The molecule has 1 aromatic heterocycles. The third kappa shape index (κ3) is 6.06. The number of aromatic nitrogens is 1. The molecule has 6 nitrogen and oxygen atoms in total. The third-order valence-corrected chi connectivity index (χ3v) is 5.05. The van der Waals surface area contributed by atoms with Crippen LogP contribution in [0.4, 0.5) is 10.6 Å². The maximum atomic E-state index is 12.5. The first kappa shape index (κ1) is 20.8. The second-order valence-corrected chi connectivity index (χ2v) is 9.25. The number of anilines is 1. The molecule has 3 N–H and O–H groups in total. The van der Waals surface area contributed by atoms with E-state index in [0.717, 1.165) is 43.1 Å². The number of nitrogens with two attached hydrogens (primary N) is 1. The smallest absolute Gasteiger partial charge is 0.410 e. The minimum atomic E-state index is -0.458. The Bertz CT molecular complexity index is 599. The molecule has 1 amide bonds. The van der Waals surface area contributed by atoms with E-state index in [2.05, 4.69) is 24.1 Å². The molecule has 2 rings (SSSR count). The number of hydrogen-bond donors (Lipinski definition) is 2. The first-order valence-electron chi connectivity index (χ1n) is 9.18. The van der Waals surface area contributed by atoms with E-state index in [1.54, 1.807) is 6.20 Å². The molecule has 0 aromatic carbocycles. The summed E-state index contributed by atoms with van der Waals surface area (Å²) in [7, 11) is 0. The number of amides is 1. The molecule has 1 fully saturated rings. The van der Waals surface area contributed by atoms with E-state index in [9.17, 15) is 4.79 Å². The van der Waals surface area contributed by atoms with Crippen molar-refractivity contribution in [2.75, 3.05) is 18.4 Å². The van der Waals surface area contributed by atoms with Crippen LogP contribution in [0.25, 0.3) is 0 Å². The van der Waals surface area contributed by atoms with Crippen LogP contribution < -0.4 is 10.5 Å². The van der Waals surface area contributed by atoms with E-state index in [4.69, 9.17) is 9.88 Å². The van der Waals surface area contributed by atoms with Crippen LogP contribution in [0.5, 0.6) is 0 Å². The predicted octanol–water partition coefficient (Wildman–Crippen LogP) is 4.28. The monoisotopic (exact) mass is 380 g/mol. The molecule has 1 aliphatic rings. The maximum Gasteiger partial charge on any atom is 0.410 e. The van der Waals surface area contributed by atoms with Crippen molar-refractivity contribution in [3.63, 3.8) is 0 Å². The summed E-state index contributed by atoms with van der Waals surface area (Å²) in [5.41, 5.74) is -0.613. The van der Waals surface area contributed by atoms with Gasteiger partial charge in [0, 0.05) is 29.7 Å². The molecule has 2 heterocycles. The molecule has 1 unspecified atom stereocenters. The number of carbonyl (C=O) groups excluding carboxylic acids is 1. The van der Waals surface area contributed by atoms with Gasteiger partial charge >= 0.3 is 6.09 Å². The van der Waals surface area contributed by atoms with Crippen molar-refractivity contribution in [2.45, 2.75) is 69.9 Å². The summed E-state index contributed by atoms with van der Waals surface area (Å²) >= 11 is 1.20. The van der Waals surface area contributed by atoms with E-state index in [1.807, 2.05) is 37.8 Å². The fourth-order valence-electron chi connectivity index (χ4n) is 3.38. The minimum Gasteiger partial charge on any atom is -0.444 e. The molecule has 0 bridgehead atoms. The first-order valence-corrected chi connectivity index (χ1v) is 10.1. The zero-order valence-corrected chi connectivity index (χ0v) is 17.4. The molecule has 7 heteroatoms. The Morgan fingerprint density at radius 1 is 1.46 bits per heavy atom. The summed E-state index contributed by atoms with van der Waals surface area (Å²) in [5, 5.41) is 8.84. The predicted molar refractivity (Wildman–Crippen MR) is 107 cm³/mol. The van der Waals surface area contributed by atoms with Crippen LogP contribution >= 0.6 is 11.9 Å². The van der Waals surface area contributed by atoms with Crippen LogP contribution in [0.3, 0.4) is 0 Å². The Hall–Kier alpha value is -1.47. The minimum absolute atomic E-state index is 0.155. The van der Waals surface area contributed by atoms with Gasteiger partial charge in [0.05, 0.1) is 0 Å². The van der Waals surface area contributed by atoms with Crippen molar-refractivity contribution in [3.8, 4) is 0 Å². The molecule has 1 saturated heterocycles. The first-order chi connectivity index (χ1) is 12.1. The Balaban J connectivity index is 1.77. The van der Waals surface area contributed by atoms with Crippen molar-refractivity contribution in [3.05, 3.63) is 18.3 Å². The van der Waals surface area contributed by atoms with Crippen molar-refractivity contribution < 1.29 is 9.53 Å². The van der Waals surface area contributed by atoms with Gasteiger partial charge in [-0.25, -0.2) is 9.78 Å². The van der Waals surface area contributed by atoms with Gasteiger partial charge in [-0.15, -0.1) is 0 Å². The van der Waals surface area contributed by atoms with Gasteiger partial charge in [-0.05, 0) is 83.9 Å². The molecular weight excluding hydrogens is 348 g/mol. The third-order valence-electron chi connectivity index (χ3n) is 4.54. The number of hydrogen-bond acceptors (Lipinski definition) is 6. The topological polar surface area (TPSA) is 80.5 Å². The quantitative estimate of drug-likeness (QED) is 0.566. The Kier molecular flexibility index (Phi) is 6.80. The Morgan fingerprint density at radius 2 is 2.19 bits per heavy atom. The van der Waals surface area contributed by atoms with Crippen LogP contribution in [0.1, 0.15) is 53.9 Å². The number of ether oxygens (including phenoxy) is 1. The summed E-state index contributed by atoms with van der Waals surface area (Å²) in [6, 6.07) is 3.90. The van der Waals surface area contributed by atoms with Gasteiger partial charge in [0.2, 0.25) is 0 Å². The maximum absolute atomic E-state index is 12.5. The summed E-state index contributed by atoms with van der Waals surface area (Å²) < 4.78 is 5.56. The van der Waals surface area contributed by atoms with Gasteiger partial charge in [-0.3, -0.25) is 5.14 Å². The highest BCUT2D eigenvalue weighted by atomic mass is 32.2. The van der Waals surface area contributed by atoms with Gasteiger partial charge in [0.25, 0.3) is 0 Å². The molecule has 0 spiro atoms. The van der Waals surface area contributed by atoms with Crippen LogP contribution in [-0.2, 0) is 4.74 Å². The normalized spacial score (nSPS) is 19.5. The summed E-state index contributed by atoms with van der Waals surface area (Å²) in [5.74, 6) is 1.37. The van der Waals surface area contributed by atoms with Crippen molar-refractivity contribution in [1.82, 2.24) is 9.88 Å². The van der Waals surface area contributed by atoms with E-state index >= 15 is 0 Å². The molecule has 0 aliphatic carbocycles. The molecular formula is C19H32N4O2S. The lowest BCUT2D eigenvalue weighted by atomic mass is 9.93.